The predicted octanol–water partition coefficient (Wildman–Crippen LogP) is 1.34. The van der Waals surface area contributed by atoms with E-state index in [1.165, 1.54) is 0 Å². The summed E-state index contributed by atoms with van der Waals surface area (Å²) >= 11 is 0. The zero-order valence-electron chi connectivity index (χ0n) is 10.5. The molecule has 94 valence electrons. The van der Waals surface area contributed by atoms with Crippen molar-refractivity contribution >= 4 is 5.97 Å². The summed E-state index contributed by atoms with van der Waals surface area (Å²) in [6.45, 7) is 5.64. The number of ether oxygens (including phenoxy) is 2. The van der Waals surface area contributed by atoms with Crippen molar-refractivity contribution in [2.24, 2.45) is 5.92 Å². The summed E-state index contributed by atoms with van der Waals surface area (Å²) in [7, 11) is 1.66. The molecule has 1 saturated carbocycles. The summed E-state index contributed by atoms with van der Waals surface area (Å²) < 4.78 is 10.2. The molecule has 1 unspecified atom stereocenters. The zero-order chi connectivity index (χ0) is 12.0. The van der Waals surface area contributed by atoms with Gasteiger partial charge in [0.2, 0.25) is 0 Å². The van der Waals surface area contributed by atoms with Crippen molar-refractivity contribution in [2.45, 2.75) is 38.6 Å². The van der Waals surface area contributed by atoms with Gasteiger partial charge in [-0.2, -0.15) is 0 Å². The first-order valence-electron chi connectivity index (χ1n) is 6.12. The Kier molecular flexibility index (Phi) is 5.22. The summed E-state index contributed by atoms with van der Waals surface area (Å²) in [5, 5.41) is 3.33. The highest BCUT2D eigenvalue weighted by Crippen LogP contribution is 2.42. The van der Waals surface area contributed by atoms with Gasteiger partial charge in [0.05, 0.1) is 13.2 Å². The number of methoxy groups -OCH3 is 1. The Morgan fingerprint density at radius 3 is 2.56 bits per heavy atom. The van der Waals surface area contributed by atoms with Crippen molar-refractivity contribution in [1.29, 1.82) is 0 Å². The SMILES string of the molecule is CCOC(=O)C(CC)(NCCOC)C1CC1. The number of esters is 1. The van der Waals surface area contributed by atoms with E-state index in [0.717, 1.165) is 19.3 Å². The third-order valence-electron chi connectivity index (χ3n) is 3.22. The molecule has 1 atom stereocenters. The van der Waals surface area contributed by atoms with Gasteiger partial charge in [0.15, 0.2) is 0 Å². The lowest BCUT2D eigenvalue weighted by Gasteiger charge is -2.31. The molecule has 1 aliphatic rings. The van der Waals surface area contributed by atoms with Crippen LogP contribution in [0.3, 0.4) is 0 Å². The normalized spacial score (nSPS) is 19.2. The van der Waals surface area contributed by atoms with E-state index in [1.807, 2.05) is 13.8 Å². The lowest BCUT2D eigenvalue weighted by atomic mass is 9.90. The van der Waals surface area contributed by atoms with Crippen molar-refractivity contribution in [1.82, 2.24) is 5.32 Å². The number of carbonyl (C=O) groups is 1. The van der Waals surface area contributed by atoms with Gasteiger partial charge < -0.3 is 9.47 Å². The molecule has 16 heavy (non-hydrogen) atoms. The summed E-state index contributed by atoms with van der Waals surface area (Å²) in [6, 6.07) is 0. The molecule has 4 nitrogen and oxygen atoms in total. The molecule has 1 rings (SSSR count). The molecule has 0 saturated heterocycles. The van der Waals surface area contributed by atoms with Gasteiger partial charge in [-0.15, -0.1) is 0 Å². The van der Waals surface area contributed by atoms with Gasteiger partial charge in [0.25, 0.3) is 0 Å². The van der Waals surface area contributed by atoms with Crippen molar-refractivity contribution in [2.75, 3.05) is 26.9 Å². The van der Waals surface area contributed by atoms with E-state index in [0.29, 0.717) is 25.7 Å². The average molecular weight is 229 g/mol. The second kappa shape index (κ2) is 6.21. The van der Waals surface area contributed by atoms with Crippen molar-refractivity contribution in [3.8, 4) is 0 Å². The van der Waals surface area contributed by atoms with Crippen LogP contribution >= 0.6 is 0 Å². The van der Waals surface area contributed by atoms with Crippen LogP contribution in [0.25, 0.3) is 0 Å². The third kappa shape index (κ3) is 2.95. The highest BCUT2D eigenvalue weighted by molar-refractivity contribution is 5.81. The standard InChI is InChI=1S/C12H23NO3/c1-4-12(10-6-7-10,11(14)16-5-2)13-8-9-15-3/h10,13H,4-9H2,1-3H3. The van der Waals surface area contributed by atoms with E-state index in [-0.39, 0.29) is 5.97 Å². The van der Waals surface area contributed by atoms with Crippen LogP contribution < -0.4 is 5.32 Å². The highest BCUT2D eigenvalue weighted by atomic mass is 16.5. The van der Waals surface area contributed by atoms with E-state index in [4.69, 9.17) is 9.47 Å². The second-order valence-corrected chi connectivity index (χ2v) is 4.24. The first kappa shape index (κ1) is 13.5. The van der Waals surface area contributed by atoms with Crippen LogP contribution in [-0.4, -0.2) is 38.4 Å². The van der Waals surface area contributed by atoms with Gasteiger partial charge in [-0.1, -0.05) is 6.92 Å². The lowest BCUT2D eigenvalue weighted by Crippen LogP contribution is -2.55. The number of hydrogen-bond donors (Lipinski definition) is 1. The molecule has 0 heterocycles. The van der Waals surface area contributed by atoms with Crippen LogP contribution in [0.2, 0.25) is 0 Å². The minimum Gasteiger partial charge on any atom is -0.465 e. The summed E-state index contributed by atoms with van der Waals surface area (Å²) in [6.07, 6.45) is 3.01. The Morgan fingerprint density at radius 1 is 1.44 bits per heavy atom. The van der Waals surface area contributed by atoms with Crippen LogP contribution in [0, 0.1) is 5.92 Å². The number of rotatable bonds is 8. The molecule has 0 bridgehead atoms. The highest BCUT2D eigenvalue weighted by Gasteiger charge is 2.50. The smallest absolute Gasteiger partial charge is 0.326 e. The van der Waals surface area contributed by atoms with E-state index in [9.17, 15) is 4.79 Å². The molecular formula is C12H23NO3. The van der Waals surface area contributed by atoms with Crippen LogP contribution in [0.4, 0.5) is 0 Å². The van der Waals surface area contributed by atoms with Gasteiger partial charge in [-0.25, -0.2) is 0 Å². The van der Waals surface area contributed by atoms with Crippen LogP contribution in [-0.2, 0) is 14.3 Å². The van der Waals surface area contributed by atoms with E-state index >= 15 is 0 Å². The molecule has 0 aliphatic heterocycles. The number of hydrogen-bond acceptors (Lipinski definition) is 4. The maximum atomic E-state index is 12.0. The van der Waals surface area contributed by atoms with Crippen molar-refractivity contribution in [3.05, 3.63) is 0 Å². The minimum absolute atomic E-state index is 0.101. The molecule has 1 aliphatic carbocycles. The molecule has 0 aromatic rings. The van der Waals surface area contributed by atoms with Crippen LogP contribution in [0.5, 0.6) is 0 Å². The largest absolute Gasteiger partial charge is 0.465 e. The third-order valence-corrected chi connectivity index (χ3v) is 3.22. The lowest BCUT2D eigenvalue weighted by molar-refractivity contribution is -0.152. The summed E-state index contributed by atoms with van der Waals surface area (Å²) in [5.74, 6) is 0.338. The first-order chi connectivity index (χ1) is 7.71. The zero-order valence-corrected chi connectivity index (χ0v) is 10.5. The maximum absolute atomic E-state index is 12.0. The molecule has 0 radical (unpaired) electrons. The van der Waals surface area contributed by atoms with Gasteiger partial charge in [0.1, 0.15) is 5.54 Å². The quantitative estimate of drug-likeness (QED) is 0.504. The van der Waals surface area contributed by atoms with E-state index in [1.54, 1.807) is 7.11 Å². The first-order valence-corrected chi connectivity index (χ1v) is 6.12. The molecule has 0 aromatic carbocycles. The van der Waals surface area contributed by atoms with E-state index < -0.39 is 5.54 Å². The Labute approximate surface area is 97.7 Å². The van der Waals surface area contributed by atoms with Crippen molar-refractivity contribution in [3.63, 3.8) is 0 Å². The fraction of sp³-hybridized carbons (Fsp3) is 0.917. The summed E-state index contributed by atoms with van der Waals surface area (Å²) in [4.78, 5) is 12.0. The van der Waals surface area contributed by atoms with Crippen molar-refractivity contribution < 1.29 is 14.3 Å². The van der Waals surface area contributed by atoms with Crippen LogP contribution in [0.15, 0.2) is 0 Å². The fourth-order valence-corrected chi connectivity index (χ4v) is 2.15. The molecule has 0 aromatic heterocycles. The van der Waals surface area contributed by atoms with Gasteiger partial charge >= 0.3 is 5.97 Å². The van der Waals surface area contributed by atoms with Gasteiger partial charge in [-0.3, -0.25) is 10.1 Å². The predicted molar refractivity (Wildman–Crippen MR) is 62.3 cm³/mol. The molecule has 1 fully saturated rings. The maximum Gasteiger partial charge on any atom is 0.326 e. The monoisotopic (exact) mass is 229 g/mol. The van der Waals surface area contributed by atoms with Crippen LogP contribution in [0.1, 0.15) is 33.1 Å². The number of nitrogens with one attached hydrogen (secondary N) is 1. The molecule has 4 heteroatoms. The Morgan fingerprint density at radius 2 is 2.12 bits per heavy atom. The second-order valence-electron chi connectivity index (χ2n) is 4.24. The molecule has 0 amide bonds. The van der Waals surface area contributed by atoms with Gasteiger partial charge in [-0.05, 0) is 32.1 Å². The summed E-state index contributed by atoms with van der Waals surface area (Å²) in [5.41, 5.74) is -0.478. The molecular weight excluding hydrogens is 206 g/mol. The average Bonchev–Trinajstić information content (AvgIpc) is 3.09. The Bertz CT molecular complexity index is 228. The van der Waals surface area contributed by atoms with E-state index in [2.05, 4.69) is 5.32 Å². The molecule has 1 N–H and O–H groups in total. The Hall–Kier alpha value is -0.610. The fourth-order valence-electron chi connectivity index (χ4n) is 2.15. The minimum atomic E-state index is -0.478. The topological polar surface area (TPSA) is 47.6 Å². The Balaban J connectivity index is 2.61. The molecule has 0 spiro atoms. The van der Waals surface area contributed by atoms with Gasteiger partial charge in [0, 0.05) is 13.7 Å². The number of carbonyl (C=O) groups excluding carboxylic acids is 1.